The lowest BCUT2D eigenvalue weighted by Gasteiger charge is -2.12. The van der Waals surface area contributed by atoms with Crippen LogP contribution in [0.25, 0.3) is 0 Å². The third-order valence-corrected chi connectivity index (χ3v) is 3.65. The van der Waals surface area contributed by atoms with E-state index in [9.17, 15) is 5.11 Å². The summed E-state index contributed by atoms with van der Waals surface area (Å²) < 4.78 is 0. The van der Waals surface area contributed by atoms with E-state index in [1.807, 2.05) is 11.6 Å². The minimum Gasteiger partial charge on any atom is -0.396 e. The molecule has 0 amide bonds. The highest BCUT2D eigenvalue weighted by atomic mass is 32.1. The van der Waals surface area contributed by atoms with E-state index >= 15 is 0 Å². The molecular formula is C14H17NOS. The minimum atomic E-state index is 0.216. The normalized spacial score (nSPS) is 12.6. The summed E-state index contributed by atoms with van der Waals surface area (Å²) in [6.45, 7) is 2.30. The third kappa shape index (κ3) is 3.65. The zero-order valence-corrected chi connectivity index (χ0v) is 10.8. The standard InChI is InChI=1S/C14H17NOS/c1-11-2-4-12(5-3-11)8-13(10-16)9-14-15-6-7-17-14/h2-7,13,16H,8-10H2,1H3. The zero-order valence-electron chi connectivity index (χ0n) is 9.97. The average Bonchev–Trinajstić information content (AvgIpc) is 2.84. The van der Waals surface area contributed by atoms with Gasteiger partial charge in [0.25, 0.3) is 0 Å². The van der Waals surface area contributed by atoms with E-state index in [4.69, 9.17) is 0 Å². The van der Waals surface area contributed by atoms with Crippen LogP contribution >= 0.6 is 11.3 Å². The summed E-state index contributed by atoms with van der Waals surface area (Å²) in [5.74, 6) is 0.267. The maximum atomic E-state index is 9.42. The molecule has 0 spiro atoms. The van der Waals surface area contributed by atoms with Gasteiger partial charge in [-0.25, -0.2) is 4.98 Å². The summed E-state index contributed by atoms with van der Waals surface area (Å²) >= 11 is 1.66. The van der Waals surface area contributed by atoms with Gasteiger partial charge in [0, 0.05) is 24.6 Å². The Morgan fingerprint density at radius 2 is 2.00 bits per heavy atom. The topological polar surface area (TPSA) is 33.1 Å². The number of hydrogen-bond acceptors (Lipinski definition) is 3. The first-order valence-electron chi connectivity index (χ1n) is 5.82. The fourth-order valence-corrected chi connectivity index (χ4v) is 2.59. The first kappa shape index (κ1) is 12.3. The number of aliphatic hydroxyl groups is 1. The number of aliphatic hydroxyl groups excluding tert-OH is 1. The van der Waals surface area contributed by atoms with Gasteiger partial charge in [-0.15, -0.1) is 11.3 Å². The van der Waals surface area contributed by atoms with Crippen molar-refractivity contribution in [1.29, 1.82) is 0 Å². The Labute approximate surface area is 106 Å². The molecule has 90 valence electrons. The fourth-order valence-electron chi connectivity index (χ4n) is 1.86. The quantitative estimate of drug-likeness (QED) is 0.881. The Morgan fingerprint density at radius 3 is 2.59 bits per heavy atom. The third-order valence-electron chi connectivity index (χ3n) is 2.85. The minimum absolute atomic E-state index is 0.216. The van der Waals surface area contributed by atoms with E-state index in [0.717, 1.165) is 17.8 Å². The Kier molecular flexibility index (Phi) is 4.29. The van der Waals surface area contributed by atoms with Gasteiger partial charge in [-0.3, -0.25) is 0 Å². The molecule has 0 aliphatic heterocycles. The van der Waals surface area contributed by atoms with Crippen molar-refractivity contribution in [3.63, 3.8) is 0 Å². The molecule has 0 fully saturated rings. The summed E-state index contributed by atoms with van der Waals surface area (Å²) in [5.41, 5.74) is 2.56. The van der Waals surface area contributed by atoms with E-state index < -0.39 is 0 Å². The molecule has 1 aromatic carbocycles. The van der Waals surface area contributed by atoms with Crippen molar-refractivity contribution in [2.45, 2.75) is 19.8 Å². The second kappa shape index (κ2) is 5.94. The Balaban J connectivity index is 1.97. The number of aromatic nitrogens is 1. The molecule has 17 heavy (non-hydrogen) atoms. The van der Waals surface area contributed by atoms with Crippen LogP contribution in [0.2, 0.25) is 0 Å². The number of benzene rings is 1. The van der Waals surface area contributed by atoms with Gasteiger partial charge < -0.3 is 5.11 Å². The number of thiazole rings is 1. The maximum absolute atomic E-state index is 9.42. The van der Waals surface area contributed by atoms with Crippen molar-refractivity contribution in [2.24, 2.45) is 5.92 Å². The predicted molar refractivity (Wildman–Crippen MR) is 71.3 cm³/mol. The van der Waals surface area contributed by atoms with Crippen LogP contribution in [0.5, 0.6) is 0 Å². The molecule has 1 unspecified atom stereocenters. The van der Waals surface area contributed by atoms with Crippen LogP contribution in [0.4, 0.5) is 0 Å². The summed E-state index contributed by atoms with van der Waals surface area (Å²) in [5, 5.41) is 12.5. The van der Waals surface area contributed by atoms with Gasteiger partial charge in [0.15, 0.2) is 0 Å². The van der Waals surface area contributed by atoms with Crippen LogP contribution in [0.1, 0.15) is 16.1 Å². The summed E-state index contributed by atoms with van der Waals surface area (Å²) in [6, 6.07) is 8.51. The fraction of sp³-hybridized carbons (Fsp3) is 0.357. The molecule has 1 heterocycles. The van der Waals surface area contributed by atoms with Crippen molar-refractivity contribution >= 4 is 11.3 Å². The van der Waals surface area contributed by atoms with E-state index in [1.54, 1.807) is 11.3 Å². The van der Waals surface area contributed by atoms with Gasteiger partial charge >= 0.3 is 0 Å². The molecule has 0 saturated carbocycles. The van der Waals surface area contributed by atoms with Crippen LogP contribution in [0.3, 0.4) is 0 Å². The lowest BCUT2D eigenvalue weighted by molar-refractivity contribution is 0.225. The van der Waals surface area contributed by atoms with Crippen molar-refractivity contribution in [1.82, 2.24) is 4.98 Å². The molecule has 2 rings (SSSR count). The van der Waals surface area contributed by atoms with E-state index in [-0.39, 0.29) is 12.5 Å². The largest absolute Gasteiger partial charge is 0.396 e. The molecule has 2 aromatic rings. The molecular weight excluding hydrogens is 230 g/mol. The predicted octanol–water partition coefficient (Wildman–Crippen LogP) is 2.85. The second-order valence-corrected chi connectivity index (χ2v) is 5.35. The van der Waals surface area contributed by atoms with Gasteiger partial charge in [-0.2, -0.15) is 0 Å². The molecule has 1 N–H and O–H groups in total. The van der Waals surface area contributed by atoms with E-state index in [2.05, 4.69) is 36.2 Å². The molecule has 2 nitrogen and oxygen atoms in total. The van der Waals surface area contributed by atoms with E-state index in [0.29, 0.717) is 0 Å². The Hall–Kier alpha value is -1.19. The molecule has 1 atom stereocenters. The smallest absolute Gasteiger partial charge is 0.0928 e. The van der Waals surface area contributed by atoms with Crippen molar-refractivity contribution in [3.05, 3.63) is 52.0 Å². The first-order chi connectivity index (χ1) is 8.28. The summed E-state index contributed by atoms with van der Waals surface area (Å²) in [6.07, 6.45) is 3.60. The lowest BCUT2D eigenvalue weighted by atomic mass is 9.97. The van der Waals surface area contributed by atoms with Gasteiger partial charge in [-0.1, -0.05) is 29.8 Å². The highest BCUT2D eigenvalue weighted by Gasteiger charge is 2.11. The van der Waals surface area contributed by atoms with E-state index in [1.165, 1.54) is 11.1 Å². The molecule has 0 bridgehead atoms. The van der Waals surface area contributed by atoms with Crippen LogP contribution in [0.15, 0.2) is 35.8 Å². The summed E-state index contributed by atoms with van der Waals surface area (Å²) in [7, 11) is 0. The van der Waals surface area contributed by atoms with Crippen molar-refractivity contribution in [3.8, 4) is 0 Å². The van der Waals surface area contributed by atoms with Crippen molar-refractivity contribution in [2.75, 3.05) is 6.61 Å². The van der Waals surface area contributed by atoms with Gasteiger partial charge in [0.1, 0.15) is 0 Å². The maximum Gasteiger partial charge on any atom is 0.0928 e. The highest BCUT2D eigenvalue weighted by molar-refractivity contribution is 7.09. The number of nitrogens with zero attached hydrogens (tertiary/aromatic N) is 1. The highest BCUT2D eigenvalue weighted by Crippen LogP contribution is 2.16. The number of aryl methyl sites for hydroxylation is 1. The zero-order chi connectivity index (χ0) is 12.1. The second-order valence-electron chi connectivity index (χ2n) is 4.37. The Bertz CT molecular complexity index is 436. The molecule has 0 saturated heterocycles. The number of rotatable bonds is 5. The molecule has 3 heteroatoms. The van der Waals surface area contributed by atoms with Gasteiger partial charge in [0.05, 0.1) is 5.01 Å². The van der Waals surface area contributed by atoms with Gasteiger partial charge in [0.2, 0.25) is 0 Å². The molecule has 1 aromatic heterocycles. The Morgan fingerprint density at radius 1 is 1.24 bits per heavy atom. The number of hydrogen-bond donors (Lipinski definition) is 1. The monoisotopic (exact) mass is 247 g/mol. The lowest BCUT2D eigenvalue weighted by Crippen LogP contribution is -2.12. The van der Waals surface area contributed by atoms with Crippen LogP contribution < -0.4 is 0 Å². The van der Waals surface area contributed by atoms with Crippen LogP contribution in [-0.4, -0.2) is 16.7 Å². The SMILES string of the molecule is Cc1ccc(CC(CO)Cc2nccs2)cc1. The molecule has 0 aliphatic rings. The molecule has 0 radical (unpaired) electrons. The summed E-state index contributed by atoms with van der Waals surface area (Å²) in [4.78, 5) is 4.27. The molecule has 0 aliphatic carbocycles. The van der Waals surface area contributed by atoms with Gasteiger partial charge in [-0.05, 0) is 24.8 Å². The average molecular weight is 247 g/mol. The van der Waals surface area contributed by atoms with Crippen LogP contribution in [0, 0.1) is 12.8 Å². The van der Waals surface area contributed by atoms with Crippen LogP contribution in [-0.2, 0) is 12.8 Å². The van der Waals surface area contributed by atoms with Crippen molar-refractivity contribution < 1.29 is 5.11 Å². The first-order valence-corrected chi connectivity index (χ1v) is 6.70.